The van der Waals surface area contributed by atoms with Crippen LogP contribution in [0.3, 0.4) is 0 Å². The van der Waals surface area contributed by atoms with E-state index in [1.807, 2.05) is 36.4 Å². The molecule has 1 N–H and O–H groups in total. The molecule has 0 spiro atoms. The lowest BCUT2D eigenvalue weighted by atomic mass is 9.89. The molecule has 1 aliphatic rings. The number of hydrogen-bond acceptors (Lipinski definition) is 5. The number of anilines is 1. The van der Waals surface area contributed by atoms with Crippen molar-refractivity contribution in [1.82, 2.24) is 10.1 Å². The van der Waals surface area contributed by atoms with Gasteiger partial charge < -0.3 is 14.6 Å². The molecule has 4 rings (SSSR count). The van der Waals surface area contributed by atoms with Gasteiger partial charge in [-0.3, -0.25) is 4.79 Å². The summed E-state index contributed by atoms with van der Waals surface area (Å²) in [6, 6.07) is 14.9. The third kappa shape index (κ3) is 4.39. The molecule has 1 heterocycles. The van der Waals surface area contributed by atoms with Gasteiger partial charge in [-0.05, 0) is 61.4 Å². The number of nitrogens with one attached hydrogen (secondary N) is 1. The van der Waals surface area contributed by atoms with Crippen LogP contribution in [0.2, 0.25) is 0 Å². The molecule has 0 radical (unpaired) electrons. The summed E-state index contributed by atoms with van der Waals surface area (Å²) in [7, 11) is 0. The maximum atomic E-state index is 11.1. The number of rotatable bonds is 5. The maximum absolute atomic E-state index is 11.1. The fourth-order valence-electron chi connectivity index (χ4n) is 3.49. The number of benzene rings is 2. The number of ether oxygens (including phenoxy) is 1. The topological polar surface area (TPSA) is 77.2 Å². The van der Waals surface area contributed by atoms with Gasteiger partial charge in [-0.2, -0.15) is 4.98 Å². The normalized spacial score (nSPS) is 14.6. The zero-order chi connectivity index (χ0) is 19.3. The first kappa shape index (κ1) is 18.2. The van der Waals surface area contributed by atoms with Crippen molar-refractivity contribution in [3.63, 3.8) is 0 Å². The quantitative estimate of drug-likeness (QED) is 0.632. The van der Waals surface area contributed by atoms with Crippen LogP contribution in [0, 0.1) is 0 Å². The van der Waals surface area contributed by atoms with E-state index in [0.717, 1.165) is 30.0 Å². The maximum Gasteiger partial charge on any atom is 0.230 e. The SMILES string of the molecule is CC(=O)Nc1ccc(Oc2ccc(-c3noc(C4CCCCC4)n3)cc2)cc1. The fraction of sp³-hybridized carbons (Fsp3) is 0.318. The second-order valence-electron chi connectivity index (χ2n) is 7.12. The average Bonchev–Trinajstić information content (AvgIpc) is 3.21. The molecule has 0 bridgehead atoms. The first-order valence-corrected chi connectivity index (χ1v) is 9.67. The van der Waals surface area contributed by atoms with Gasteiger partial charge in [0, 0.05) is 24.1 Å². The van der Waals surface area contributed by atoms with Crippen LogP contribution in [0.4, 0.5) is 5.69 Å². The number of hydrogen-bond donors (Lipinski definition) is 1. The number of nitrogens with zero attached hydrogens (tertiary/aromatic N) is 2. The van der Waals surface area contributed by atoms with Crippen LogP contribution in [0.15, 0.2) is 53.1 Å². The smallest absolute Gasteiger partial charge is 0.230 e. The lowest BCUT2D eigenvalue weighted by molar-refractivity contribution is -0.114. The highest BCUT2D eigenvalue weighted by Crippen LogP contribution is 2.33. The Morgan fingerprint density at radius 3 is 2.29 bits per heavy atom. The van der Waals surface area contributed by atoms with E-state index in [9.17, 15) is 4.79 Å². The summed E-state index contributed by atoms with van der Waals surface area (Å²) in [6.45, 7) is 1.48. The van der Waals surface area contributed by atoms with E-state index in [-0.39, 0.29) is 5.91 Å². The first-order chi connectivity index (χ1) is 13.7. The molecule has 0 atom stereocenters. The van der Waals surface area contributed by atoms with Gasteiger partial charge >= 0.3 is 0 Å². The van der Waals surface area contributed by atoms with Gasteiger partial charge in [0.25, 0.3) is 0 Å². The minimum absolute atomic E-state index is 0.0997. The molecule has 0 unspecified atom stereocenters. The average molecular weight is 377 g/mol. The lowest BCUT2D eigenvalue weighted by Crippen LogP contribution is -2.05. The number of aromatic nitrogens is 2. The first-order valence-electron chi connectivity index (χ1n) is 9.67. The van der Waals surface area contributed by atoms with Gasteiger partial charge in [-0.15, -0.1) is 0 Å². The van der Waals surface area contributed by atoms with Crippen LogP contribution in [0.1, 0.15) is 50.8 Å². The van der Waals surface area contributed by atoms with E-state index in [1.165, 1.54) is 26.2 Å². The van der Waals surface area contributed by atoms with E-state index in [4.69, 9.17) is 9.26 Å². The van der Waals surface area contributed by atoms with Crippen LogP contribution >= 0.6 is 0 Å². The third-order valence-electron chi connectivity index (χ3n) is 4.92. The molecule has 1 amide bonds. The number of carbonyl (C=O) groups excluding carboxylic acids is 1. The van der Waals surface area contributed by atoms with Crippen LogP contribution < -0.4 is 10.1 Å². The molecule has 28 heavy (non-hydrogen) atoms. The summed E-state index contributed by atoms with van der Waals surface area (Å²) in [5, 5.41) is 6.88. The number of amides is 1. The monoisotopic (exact) mass is 377 g/mol. The molecular formula is C22H23N3O3. The van der Waals surface area contributed by atoms with Gasteiger partial charge in [0.2, 0.25) is 17.6 Å². The van der Waals surface area contributed by atoms with Crippen molar-refractivity contribution in [3.05, 3.63) is 54.4 Å². The molecule has 144 valence electrons. The van der Waals surface area contributed by atoms with E-state index >= 15 is 0 Å². The molecular weight excluding hydrogens is 354 g/mol. The molecule has 6 nitrogen and oxygen atoms in total. The Morgan fingerprint density at radius 1 is 1.00 bits per heavy atom. The summed E-state index contributed by atoms with van der Waals surface area (Å²) < 4.78 is 11.4. The molecule has 1 fully saturated rings. The van der Waals surface area contributed by atoms with E-state index in [2.05, 4.69) is 15.5 Å². The largest absolute Gasteiger partial charge is 0.457 e. The molecule has 1 aliphatic carbocycles. The molecule has 2 aromatic carbocycles. The van der Waals surface area contributed by atoms with Gasteiger partial charge in [-0.1, -0.05) is 24.4 Å². The van der Waals surface area contributed by atoms with Crippen LogP contribution in [0.5, 0.6) is 11.5 Å². The van der Waals surface area contributed by atoms with Crippen molar-refractivity contribution in [1.29, 1.82) is 0 Å². The van der Waals surface area contributed by atoms with Crippen LogP contribution in [0.25, 0.3) is 11.4 Å². The van der Waals surface area contributed by atoms with Crippen molar-refractivity contribution in [2.45, 2.75) is 44.9 Å². The third-order valence-corrected chi connectivity index (χ3v) is 4.92. The van der Waals surface area contributed by atoms with Gasteiger partial charge in [0.05, 0.1) is 0 Å². The minimum atomic E-state index is -0.0997. The second kappa shape index (κ2) is 8.25. The molecule has 0 saturated heterocycles. The van der Waals surface area contributed by atoms with Gasteiger partial charge in [-0.25, -0.2) is 0 Å². The summed E-state index contributed by atoms with van der Waals surface area (Å²) in [5.74, 6) is 3.09. The molecule has 1 saturated carbocycles. The summed E-state index contributed by atoms with van der Waals surface area (Å²) >= 11 is 0. The predicted molar refractivity (Wildman–Crippen MR) is 106 cm³/mol. The minimum Gasteiger partial charge on any atom is -0.457 e. The van der Waals surface area contributed by atoms with Crippen LogP contribution in [-0.4, -0.2) is 16.0 Å². The Hall–Kier alpha value is -3.15. The highest BCUT2D eigenvalue weighted by molar-refractivity contribution is 5.88. The predicted octanol–water partition coefficient (Wildman–Crippen LogP) is 5.54. The van der Waals surface area contributed by atoms with Crippen molar-refractivity contribution in [3.8, 4) is 22.9 Å². The zero-order valence-corrected chi connectivity index (χ0v) is 15.9. The summed E-state index contributed by atoms with van der Waals surface area (Å²) in [6.07, 6.45) is 6.04. The van der Waals surface area contributed by atoms with Gasteiger partial charge in [0.15, 0.2) is 0 Å². The van der Waals surface area contributed by atoms with Crippen molar-refractivity contribution in [2.24, 2.45) is 0 Å². The van der Waals surface area contributed by atoms with Crippen molar-refractivity contribution in [2.75, 3.05) is 5.32 Å². The highest BCUT2D eigenvalue weighted by Gasteiger charge is 2.21. The Balaban J connectivity index is 1.41. The zero-order valence-electron chi connectivity index (χ0n) is 15.9. The van der Waals surface area contributed by atoms with E-state index in [1.54, 1.807) is 12.1 Å². The standard InChI is InChI=1S/C22H23N3O3/c1-15(26)23-18-9-13-20(14-10-18)27-19-11-7-16(8-12-19)21-24-22(28-25-21)17-5-3-2-4-6-17/h7-14,17H,2-6H2,1H3,(H,23,26). The van der Waals surface area contributed by atoms with Crippen molar-refractivity contribution >= 4 is 11.6 Å². The Bertz CT molecular complexity index is 926. The number of carbonyl (C=O) groups is 1. The summed E-state index contributed by atoms with van der Waals surface area (Å²) in [5.41, 5.74) is 1.64. The van der Waals surface area contributed by atoms with E-state index < -0.39 is 0 Å². The van der Waals surface area contributed by atoms with Gasteiger partial charge in [0.1, 0.15) is 11.5 Å². The Kier molecular flexibility index (Phi) is 5.37. The lowest BCUT2D eigenvalue weighted by Gasteiger charge is -2.17. The second-order valence-corrected chi connectivity index (χ2v) is 7.12. The highest BCUT2D eigenvalue weighted by atomic mass is 16.5. The Labute approximate surface area is 163 Å². The van der Waals surface area contributed by atoms with Crippen LogP contribution in [-0.2, 0) is 4.79 Å². The fourth-order valence-corrected chi connectivity index (χ4v) is 3.49. The van der Waals surface area contributed by atoms with Crippen molar-refractivity contribution < 1.29 is 14.1 Å². The Morgan fingerprint density at radius 2 is 1.64 bits per heavy atom. The molecule has 0 aliphatic heterocycles. The molecule has 1 aromatic heterocycles. The summed E-state index contributed by atoms with van der Waals surface area (Å²) in [4.78, 5) is 15.7. The molecule has 6 heteroatoms. The molecule has 3 aromatic rings. The van der Waals surface area contributed by atoms with E-state index in [0.29, 0.717) is 23.2 Å².